The fraction of sp³-hybridized carbons (Fsp3) is 0.621. The number of rotatable bonds is 8. The van der Waals surface area contributed by atoms with Crippen molar-refractivity contribution in [3.8, 4) is 5.75 Å². The van der Waals surface area contributed by atoms with Crippen LogP contribution in [0.3, 0.4) is 0 Å². The first-order valence-corrected chi connectivity index (χ1v) is 16.0. The van der Waals surface area contributed by atoms with Crippen LogP contribution in [0, 0.1) is 19.8 Å². The number of aliphatic hydroxyl groups excluding tert-OH is 1. The van der Waals surface area contributed by atoms with Crippen LogP contribution in [-0.2, 0) is 21.2 Å². The zero-order chi connectivity index (χ0) is 30.6. The SMILES string of the molecule is Cc1noc(C)c1S(=O)(=O)Nc1ccc2c(c1)CC(=O)N([C@H](C)CO)C[C@@H](C)[C@@H](CN(C)C(=O)NC1CCCCC1)O2. The second-order valence-electron chi connectivity index (χ2n) is 11.6. The van der Waals surface area contributed by atoms with Crippen LogP contribution in [0.25, 0.3) is 0 Å². The van der Waals surface area contributed by atoms with Gasteiger partial charge in [0, 0.05) is 36.8 Å². The Morgan fingerprint density at radius 2 is 1.95 bits per heavy atom. The smallest absolute Gasteiger partial charge is 0.317 e. The van der Waals surface area contributed by atoms with E-state index in [2.05, 4.69) is 15.2 Å². The molecule has 1 aromatic heterocycles. The van der Waals surface area contributed by atoms with Crippen LogP contribution in [0.2, 0.25) is 0 Å². The normalized spacial score (nSPS) is 20.9. The van der Waals surface area contributed by atoms with Crippen molar-refractivity contribution >= 4 is 27.6 Å². The molecule has 42 heavy (non-hydrogen) atoms. The number of nitrogens with one attached hydrogen (secondary N) is 2. The van der Waals surface area contributed by atoms with Crippen LogP contribution >= 0.6 is 0 Å². The number of nitrogens with zero attached hydrogens (tertiary/aromatic N) is 3. The predicted octanol–water partition coefficient (Wildman–Crippen LogP) is 3.22. The highest BCUT2D eigenvalue weighted by molar-refractivity contribution is 7.92. The molecule has 3 atom stereocenters. The number of amides is 3. The average molecular weight is 606 g/mol. The largest absolute Gasteiger partial charge is 0.488 e. The third kappa shape index (κ3) is 7.35. The van der Waals surface area contributed by atoms with E-state index in [1.54, 1.807) is 48.9 Å². The van der Waals surface area contributed by atoms with Gasteiger partial charge in [0.1, 0.15) is 17.5 Å². The van der Waals surface area contributed by atoms with Gasteiger partial charge < -0.3 is 29.5 Å². The lowest BCUT2D eigenvalue weighted by molar-refractivity contribution is -0.134. The standard InChI is InChI=1S/C29H43N5O7S/c1-18-15-34(19(2)17-35)27(36)14-22-13-24(32-42(38,39)28-20(3)31-41-21(28)4)11-12-25(22)40-26(18)16-33(5)29(37)30-23-9-7-6-8-10-23/h11-13,18-19,23,26,32,35H,6-10,14-17H2,1-5H3,(H,30,37)/t18-,19-,26-/m1/s1. The summed E-state index contributed by atoms with van der Waals surface area (Å²) >= 11 is 0. The maximum absolute atomic E-state index is 13.5. The number of aryl methyl sites for hydroxylation is 2. The van der Waals surface area contributed by atoms with Crippen molar-refractivity contribution in [2.75, 3.05) is 31.5 Å². The van der Waals surface area contributed by atoms with Gasteiger partial charge in [-0.3, -0.25) is 9.52 Å². The number of carbonyl (C=O) groups excluding carboxylic acids is 2. The van der Waals surface area contributed by atoms with Gasteiger partial charge in [0.25, 0.3) is 10.0 Å². The van der Waals surface area contributed by atoms with Gasteiger partial charge in [0.05, 0.1) is 25.6 Å². The number of anilines is 1. The van der Waals surface area contributed by atoms with Gasteiger partial charge >= 0.3 is 6.03 Å². The number of likely N-dealkylation sites (N-methyl/N-ethyl adjacent to an activating group) is 1. The van der Waals surface area contributed by atoms with Crippen molar-refractivity contribution in [2.45, 2.75) is 89.3 Å². The third-order valence-electron chi connectivity index (χ3n) is 8.14. The van der Waals surface area contributed by atoms with E-state index in [9.17, 15) is 23.1 Å². The van der Waals surface area contributed by atoms with E-state index in [0.717, 1.165) is 25.7 Å². The molecule has 1 saturated carbocycles. The number of hydrogen-bond acceptors (Lipinski definition) is 8. The van der Waals surface area contributed by atoms with Crippen molar-refractivity contribution in [1.29, 1.82) is 0 Å². The van der Waals surface area contributed by atoms with E-state index >= 15 is 0 Å². The molecule has 12 nitrogen and oxygen atoms in total. The minimum atomic E-state index is -4.01. The van der Waals surface area contributed by atoms with Crippen LogP contribution in [0.1, 0.15) is 63.0 Å². The highest BCUT2D eigenvalue weighted by atomic mass is 32.2. The molecule has 1 aliphatic heterocycles. The number of ether oxygens (including phenoxy) is 1. The van der Waals surface area contributed by atoms with Gasteiger partial charge in [-0.15, -0.1) is 0 Å². The molecule has 1 aromatic carbocycles. The summed E-state index contributed by atoms with van der Waals surface area (Å²) in [6, 6.07) is 4.36. The molecule has 4 rings (SSSR count). The molecule has 2 heterocycles. The Morgan fingerprint density at radius 3 is 2.60 bits per heavy atom. The topological polar surface area (TPSA) is 154 Å². The van der Waals surface area contributed by atoms with Crippen molar-refractivity contribution < 1.29 is 32.4 Å². The number of benzene rings is 1. The Labute approximate surface area is 247 Å². The molecule has 1 fully saturated rings. The Bertz CT molecular complexity index is 1350. The summed E-state index contributed by atoms with van der Waals surface area (Å²) in [7, 11) is -2.28. The van der Waals surface area contributed by atoms with E-state index in [4.69, 9.17) is 9.26 Å². The quantitative estimate of drug-likeness (QED) is 0.415. The molecule has 3 amide bonds. The van der Waals surface area contributed by atoms with Gasteiger partial charge in [-0.25, -0.2) is 13.2 Å². The monoisotopic (exact) mass is 605 g/mol. The van der Waals surface area contributed by atoms with E-state index in [1.165, 1.54) is 13.3 Å². The fourth-order valence-electron chi connectivity index (χ4n) is 5.66. The van der Waals surface area contributed by atoms with Crippen molar-refractivity contribution in [2.24, 2.45) is 5.92 Å². The highest BCUT2D eigenvalue weighted by Gasteiger charge is 2.33. The second-order valence-corrected chi connectivity index (χ2v) is 13.3. The zero-order valence-corrected chi connectivity index (χ0v) is 25.9. The Hall–Kier alpha value is -3.32. The van der Waals surface area contributed by atoms with E-state index in [0.29, 0.717) is 17.9 Å². The van der Waals surface area contributed by atoms with Crippen molar-refractivity contribution in [3.63, 3.8) is 0 Å². The molecule has 2 aromatic rings. The number of aromatic nitrogens is 1. The number of fused-ring (bicyclic) bond motifs is 1. The zero-order valence-electron chi connectivity index (χ0n) is 25.1. The lowest BCUT2D eigenvalue weighted by Crippen LogP contribution is -2.50. The molecule has 0 bridgehead atoms. The number of aliphatic hydroxyl groups is 1. The van der Waals surface area contributed by atoms with E-state index < -0.39 is 22.2 Å². The molecule has 0 radical (unpaired) electrons. The predicted molar refractivity (Wildman–Crippen MR) is 157 cm³/mol. The molecule has 232 valence electrons. The van der Waals surface area contributed by atoms with Gasteiger partial charge in [-0.1, -0.05) is 31.3 Å². The van der Waals surface area contributed by atoms with Gasteiger partial charge in [-0.05, 0) is 51.8 Å². The molecular formula is C29H43N5O7S. The minimum Gasteiger partial charge on any atom is -0.488 e. The van der Waals surface area contributed by atoms with Crippen LogP contribution in [0.4, 0.5) is 10.5 Å². The van der Waals surface area contributed by atoms with E-state index in [-0.39, 0.29) is 65.5 Å². The van der Waals surface area contributed by atoms with Crippen LogP contribution in [0.5, 0.6) is 5.75 Å². The Balaban J connectivity index is 1.61. The summed E-state index contributed by atoms with van der Waals surface area (Å²) in [5.74, 6) is 0.197. The number of urea groups is 1. The molecular weight excluding hydrogens is 562 g/mol. The molecule has 0 spiro atoms. The summed E-state index contributed by atoms with van der Waals surface area (Å²) in [5.41, 5.74) is 0.977. The average Bonchev–Trinajstić information content (AvgIpc) is 3.31. The lowest BCUT2D eigenvalue weighted by atomic mass is 9.96. The highest BCUT2D eigenvalue weighted by Crippen LogP contribution is 2.31. The molecule has 3 N–H and O–H groups in total. The van der Waals surface area contributed by atoms with Gasteiger partial charge in [0.15, 0.2) is 10.7 Å². The number of sulfonamides is 1. The maximum Gasteiger partial charge on any atom is 0.317 e. The Morgan fingerprint density at radius 1 is 1.24 bits per heavy atom. The maximum atomic E-state index is 13.5. The first-order valence-electron chi connectivity index (χ1n) is 14.6. The minimum absolute atomic E-state index is 0.0373. The molecule has 0 saturated heterocycles. The lowest BCUT2D eigenvalue weighted by Gasteiger charge is -2.34. The summed E-state index contributed by atoms with van der Waals surface area (Å²) in [6.45, 7) is 7.19. The fourth-order valence-corrected chi connectivity index (χ4v) is 7.04. The molecule has 13 heteroatoms. The van der Waals surface area contributed by atoms with Gasteiger partial charge in [0.2, 0.25) is 5.91 Å². The molecule has 2 aliphatic rings. The summed E-state index contributed by atoms with van der Waals surface area (Å²) in [5, 5.41) is 16.8. The van der Waals surface area contributed by atoms with Crippen LogP contribution < -0.4 is 14.8 Å². The van der Waals surface area contributed by atoms with Crippen molar-refractivity contribution in [1.82, 2.24) is 20.3 Å². The first kappa shape index (κ1) is 31.6. The Kier molecular flexibility index (Phi) is 10.0. The summed E-state index contributed by atoms with van der Waals surface area (Å²) in [6.07, 6.45) is 4.82. The van der Waals surface area contributed by atoms with E-state index in [1.807, 2.05) is 6.92 Å². The second kappa shape index (κ2) is 13.3. The van der Waals surface area contributed by atoms with Crippen molar-refractivity contribution in [3.05, 3.63) is 35.2 Å². The molecule has 1 aliphatic carbocycles. The number of carbonyl (C=O) groups is 2. The number of hydrogen-bond donors (Lipinski definition) is 3. The first-order chi connectivity index (χ1) is 19.9. The van der Waals surface area contributed by atoms with Crippen LogP contribution in [0.15, 0.2) is 27.6 Å². The van der Waals surface area contributed by atoms with Crippen LogP contribution in [-0.4, -0.2) is 85.4 Å². The molecule has 0 unspecified atom stereocenters. The summed E-state index contributed by atoms with van der Waals surface area (Å²) < 4.78 is 40.3. The summed E-state index contributed by atoms with van der Waals surface area (Å²) in [4.78, 5) is 29.7. The third-order valence-corrected chi connectivity index (χ3v) is 9.76. The van der Waals surface area contributed by atoms with Gasteiger partial charge in [-0.2, -0.15) is 0 Å².